The molecular formula is C12H22N2O3S. The SMILES string of the molecule is Cc1oc(CN)cc1S(=O)(=O)N(C)CC(C)(C)C. The molecule has 0 aliphatic heterocycles. The van der Waals surface area contributed by atoms with Gasteiger partial charge in [-0.25, -0.2) is 12.7 Å². The zero-order chi connectivity index (χ0) is 14.1. The first kappa shape index (κ1) is 15.2. The van der Waals surface area contributed by atoms with E-state index in [1.807, 2.05) is 20.8 Å². The molecule has 0 fully saturated rings. The van der Waals surface area contributed by atoms with Crippen LogP contribution in [0.5, 0.6) is 0 Å². The molecular weight excluding hydrogens is 252 g/mol. The first-order valence-corrected chi connectivity index (χ1v) is 7.27. The van der Waals surface area contributed by atoms with Crippen LogP contribution in [0, 0.1) is 12.3 Å². The lowest BCUT2D eigenvalue weighted by Gasteiger charge is -2.25. The predicted molar refractivity (Wildman–Crippen MR) is 70.6 cm³/mol. The second-order valence-electron chi connectivity index (χ2n) is 5.66. The molecule has 0 saturated heterocycles. The fourth-order valence-corrected chi connectivity index (χ4v) is 3.38. The Morgan fingerprint density at radius 2 is 1.94 bits per heavy atom. The highest BCUT2D eigenvalue weighted by atomic mass is 32.2. The third-order valence-corrected chi connectivity index (χ3v) is 4.42. The Balaban J connectivity index is 3.09. The average molecular weight is 274 g/mol. The van der Waals surface area contributed by atoms with Crippen molar-refractivity contribution in [1.29, 1.82) is 0 Å². The molecule has 1 heterocycles. The summed E-state index contributed by atoms with van der Waals surface area (Å²) in [6.45, 7) is 8.25. The van der Waals surface area contributed by atoms with Crippen LogP contribution in [-0.2, 0) is 16.6 Å². The van der Waals surface area contributed by atoms with Gasteiger partial charge in [0.15, 0.2) is 0 Å². The summed E-state index contributed by atoms with van der Waals surface area (Å²) in [6.07, 6.45) is 0. The molecule has 0 amide bonds. The highest BCUT2D eigenvalue weighted by molar-refractivity contribution is 7.89. The summed E-state index contributed by atoms with van der Waals surface area (Å²) >= 11 is 0. The van der Waals surface area contributed by atoms with E-state index in [2.05, 4.69) is 0 Å². The Kier molecular flexibility index (Phi) is 4.25. The first-order chi connectivity index (χ1) is 8.08. The lowest BCUT2D eigenvalue weighted by atomic mass is 9.97. The van der Waals surface area contributed by atoms with Crippen LogP contribution in [0.25, 0.3) is 0 Å². The van der Waals surface area contributed by atoms with Gasteiger partial charge in [-0.05, 0) is 12.3 Å². The largest absolute Gasteiger partial charge is 0.464 e. The number of sulfonamides is 1. The number of furan rings is 1. The molecule has 6 heteroatoms. The van der Waals surface area contributed by atoms with E-state index in [4.69, 9.17) is 10.2 Å². The smallest absolute Gasteiger partial charge is 0.246 e. The minimum Gasteiger partial charge on any atom is -0.464 e. The van der Waals surface area contributed by atoms with Gasteiger partial charge in [0.1, 0.15) is 16.4 Å². The van der Waals surface area contributed by atoms with Crippen LogP contribution in [0.2, 0.25) is 0 Å². The van der Waals surface area contributed by atoms with Crippen LogP contribution in [0.4, 0.5) is 0 Å². The Morgan fingerprint density at radius 1 is 1.39 bits per heavy atom. The van der Waals surface area contributed by atoms with Crippen LogP contribution in [0.3, 0.4) is 0 Å². The molecule has 0 saturated carbocycles. The van der Waals surface area contributed by atoms with Crippen LogP contribution in [0.15, 0.2) is 15.4 Å². The van der Waals surface area contributed by atoms with Gasteiger partial charge in [0.05, 0.1) is 6.54 Å². The molecule has 18 heavy (non-hydrogen) atoms. The van der Waals surface area contributed by atoms with Crippen LogP contribution in [0.1, 0.15) is 32.3 Å². The lowest BCUT2D eigenvalue weighted by molar-refractivity contribution is 0.310. The van der Waals surface area contributed by atoms with Crippen LogP contribution in [-0.4, -0.2) is 26.3 Å². The van der Waals surface area contributed by atoms with Gasteiger partial charge in [0.25, 0.3) is 0 Å². The minimum absolute atomic E-state index is 0.101. The molecule has 2 N–H and O–H groups in total. The van der Waals surface area contributed by atoms with E-state index >= 15 is 0 Å². The van der Waals surface area contributed by atoms with Crippen molar-refractivity contribution in [2.75, 3.05) is 13.6 Å². The molecule has 104 valence electrons. The number of nitrogens with two attached hydrogens (primary N) is 1. The summed E-state index contributed by atoms with van der Waals surface area (Å²) in [7, 11) is -1.93. The van der Waals surface area contributed by atoms with Crippen molar-refractivity contribution in [2.45, 2.75) is 39.1 Å². The third kappa shape index (κ3) is 3.34. The Hall–Kier alpha value is -0.850. The number of aryl methyl sites for hydroxylation is 1. The standard InChI is InChI=1S/C12H22N2O3S/c1-9-11(6-10(7-13)17-9)18(15,16)14(5)8-12(2,3)4/h6H,7-8,13H2,1-5H3. The molecule has 0 bridgehead atoms. The molecule has 0 spiro atoms. The topological polar surface area (TPSA) is 76.5 Å². The van der Waals surface area contributed by atoms with E-state index in [1.54, 1.807) is 14.0 Å². The van der Waals surface area contributed by atoms with E-state index < -0.39 is 10.0 Å². The van der Waals surface area contributed by atoms with Crippen molar-refractivity contribution < 1.29 is 12.8 Å². The number of hydrogen-bond acceptors (Lipinski definition) is 4. The Labute approximate surface area is 109 Å². The lowest BCUT2D eigenvalue weighted by Crippen LogP contribution is -2.34. The van der Waals surface area contributed by atoms with Gasteiger partial charge in [0.2, 0.25) is 10.0 Å². The molecule has 0 aromatic carbocycles. The van der Waals surface area contributed by atoms with Crippen molar-refractivity contribution in [3.8, 4) is 0 Å². The van der Waals surface area contributed by atoms with Crippen molar-refractivity contribution in [2.24, 2.45) is 11.1 Å². The van der Waals surface area contributed by atoms with Gasteiger partial charge in [-0.1, -0.05) is 20.8 Å². The summed E-state index contributed by atoms with van der Waals surface area (Å²) in [5.41, 5.74) is 5.35. The van der Waals surface area contributed by atoms with Crippen LogP contribution < -0.4 is 5.73 Å². The quantitative estimate of drug-likeness (QED) is 0.907. The molecule has 1 aromatic heterocycles. The highest BCUT2D eigenvalue weighted by Crippen LogP contribution is 2.25. The van der Waals surface area contributed by atoms with E-state index in [0.717, 1.165) is 0 Å². The normalized spacial score (nSPS) is 13.3. The van der Waals surface area contributed by atoms with Crippen molar-refractivity contribution in [3.63, 3.8) is 0 Å². The maximum absolute atomic E-state index is 12.4. The predicted octanol–water partition coefficient (Wildman–Crippen LogP) is 1.71. The fraction of sp³-hybridized carbons (Fsp3) is 0.667. The van der Waals surface area contributed by atoms with Crippen molar-refractivity contribution >= 4 is 10.0 Å². The van der Waals surface area contributed by atoms with E-state index in [9.17, 15) is 8.42 Å². The summed E-state index contributed by atoms with van der Waals surface area (Å²) in [5.74, 6) is 0.867. The van der Waals surface area contributed by atoms with E-state index in [-0.39, 0.29) is 16.9 Å². The van der Waals surface area contributed by atoms with Gasteiger partial charge in [-0.2, -0.15) is 0 Å². The van der Waals surface area contributed by atoms with Crippen molar-refractivity contribution in [1.82, 2.24) is 4.31 Å². The fourth-order valence-electron chi connectivity index (χ4n) is 1.80. The zero-order valence-corrected chi connectivity index (χ0v) is 12.5. The van der Waals surface area contributed by atoms with E-state index in [0.29, 0.717) is 18.1 Å². The molecule has 0 radical (unpaired) electrons. The maximum Gasteiger partial charge on any atom is 0.246 e. The second kappa shape index (κ2) is 5.03. The zero-order valence-electron chi connectivity index (χ0n) is 11.6. The van der Waals surface area contributed by atoms with Crippen molar-refractivity contribution in [3.05, 3.63) is 17.6 Å². The molecule has 0 unspecified atom stereocenters. The highest BCUT2D eigenvalue weighted by Gasteiger charge is 2.28. The summed E-state index contributed by atoms with van der Waals surface area (Å²) in [6, 6.07) is 1.50. The number of hydrogen-bond donors (Lipinski definition) is 1. The summed E-state index contributed by atoms with van der Waals surface area (Å²) in [5, 5.41) is 0. The summed E-state index contributed by atoms with van der Waals surface area (Å²) < 4.78 is 31.4. The maximum atomic E-state index is 12.4. The molecule has 0 atom stereocenters. The third-order valence-electron chi connectivity index (χ3n) is 2.51. The summed E-state index contributed by atoms with van der Waals surface area (Å²) in [4.78, 5) is 0.203. The van der Waals surface area contributed by atoms with E-state index in [1.165, 1.54) is 10.4 Å². The van der Waals surface area contributed by atoms with Gasteiger partial charge >= 0.3 is 0 Å². The number of nitrogens with zero attached hydrogens (tertiary/aromatic N) is 1. The molecule has 5 nitrogen and oxygen atoms in total. The molecule has 0 aliphatic rings. The number of rotatable bonds is 4. The molecule has 1 rings (SSSR count). The molecule has 0 aliphatic carbocycles. The average Bonchev–Trinajstić information content (AvgIpc) is 2.57. The van der Waals surface area contributed by atoms with Gasteiger partial charge in [0, 0.05) is 19.7 Å². The first-order valence-electron chi connectivity index (χ1n) is 5.83. The Bertz CT molecular complexity index is 512. The van der Waals surface area contributed by atoms with Gasteiger partial charge in [-0.3, -0.25) is 0 Å². The monoisotopic (exact) mass is 274 g/mol. The Morgan fingerprint density at radius 3 is 2.33 bits per heavy atom. The van der Waals surface area contributed by atoms with Gasteiger partial charge in [-0.15, -0.1) is 0 Å². The molecule has 1 aromatic rings. The van der Waals surface area contributed by atoms with Gasteiger partial charge < -0.3 is 10.2 Å². The second-order valence-corrected chi connectivity index (χ2v) is 7.67. The minimum atomic E-state index is -3.51. The van der Waals surface area contributed by atoms with Crippen LogP contribution >= 0.6 is 0 Å².